The summed E-state index contributed by atoms with van der Waals surface area (Å²) in [4.78, 5) is 16.1. The van der Waals surface area contributed by atoms with E-state index in [9.17, 15) is 4.79 Å². The standard InChI is InChI=1S/C9H13AsN4O/c1-3-4-13-7(15)6(2)5-14-9(13)11-8(10)12-14/h5H,3-4,10H2,1-2H3. The fourth-order valence-electron chi connectivity index (χ4n) is 1.57. The molecule has 2 aromatic rings. The molecule has 1 unspecified atom stereocenters. The second-order valence-corrected chi connectivity index (χ2v) is 4.57. The SMILES string of the molecule is CCCn1c(=O)c(C)cn2nc([AsH2])nc12. The summed E-state index contributed by atoms with van der Waals surface area (Å²) in [5.41, 5.74) is 0.734. The van der Waals surface area contributed by atoms with E-state index in [4.69, 9.17) is 0 Å². The summed E-state index contributed by atoms with van der Waals surface area (Å²) < 4.78 is 4.12. The molecule has 5 nitrogen and oxygen atoms in total. The van der Waals surface area contributed by atoms with Gasteiger partial charge in [0.1, 0.15) is 0 Å². The minimum atomic E-state index is 0.0317. The summed E-state index contributed by atoms with van der Waals surface area (Å²) in [6.45, 7) is 4.53. The molecule has 0 bridgehead atoms. The van der Waals surface area contributed by atoms with Crippen LogP contribution < -0.4 is 10.2 Å². The molecule has 1 atom stereocenters. The van der Waals surface area contributed by atoms with Crippen LogP contribution >= 0.6 is 0 Å². The number of hydrogen-bond acceptors (Lipinski definition) is 3. The zero-order valence-corrected chi connectivity index (χ0v) is 11.2. The van der Waals surface area contributed by atoms with Crippen molar-refractivity contribution in [3.8, 4) is 0 Å². The number of aromatic nitrogens is 4. The van der Waals surface area contributed by atoms with Gasteiger partial charge in [0, 0.05) is 0 Å². The molecule has 0 aliphatic rings. The third-order valence-corrected chi connectivity index (χ3v) is 2.73. The molecule has 2 aromatic heterocycles. The molecule has 15 heavy (non-hydrogen) atoms. The Bertz CT molecular complexity index is 557. The minimum absolute atomic E-state index is 0.0317. The zero-order valence-electron chi connectivity index (χ0n) is 8.77. The monoisotopic (exact) mass is 268 g/mol. The van der Waals surface area contributed by atoms with Gasteiger partial charge in [-0.2, -0.15) is 0 Å². The molecule has 0 spiro atoms. The average molecular weight is 268 g/mol. The second kappa shape index (κ2) is 3.81. The van der Waals surface area contributed by atoms with Crippen molar-refractivity contribution in [3.05, 3.63) is 22.1 Å². The molecule has 2 heterocycles. The van der Waals surface area contributed by atoms with Crippen molar-refractivity contribution in [2.75, 3.05) is 0 Å². The van der Waals surface area contributed by atoms with Crippen molar-refractivity contribution in [2.45, 2.75) is 26.8 Å². The number of hydrogen-bond donors (Lipinski definition) is 0. The molecule has 2 rings (SSSR count). The van der Waals surface area contributed by atoms with E-state index in [2.05, 4.69) is 10.1 Å². The summed E-state index contributed by atoms with van der Waals surface area (Å²) in [6.07, 6.45) is 2.65. The molecule has 0 saturated carbocycles. The molecule has 0 saturated heterocycles. The van der Waals surface area contributed by atoms with E-state index >= 15 is 0 Å². The Morgan fingerprint density at radius 1 is 1.53 bits per heavy atom. The zero-order chi connectivity index (χ0) is 11.0. The van der Waals surface area contributed by atoms with Crippen LogP contribution in [0.5, 0.6) is 0 Å². The summed E-state index contributed by atoms with van der Waals surface area (Å²) in [6, 6.07) is 0. The van der Waals surface area contributed by atoms with Gasteiger partial charge in [-0.15, -0.1) is 0 Å². The molecule has 0 aliphatic carbocycles. The molecule has 6 heteroatoms. The van der Waals surface area contributed by atoms with Crippen molar-refractivity contribution in [1.29, 1.82) is 0 Å². The van der Waals surface area contributed by atoms with Crippen LogP contribution in [0.2, 0.25) is 0 Å². The number of rotatable bonds is 2. The van der Waals surface area contributed by atoms with Crippen LogP contribution in [0.3, 0.4) is 0 Å². The fraction of sp³-hybridized carbons (Fsp3) is 0.444. The summed E-state index contributed by atoms with van der Waals surface area (Å²) >= 11 is 1.36. The van der Waals surface area contributed by atoms with E-state index in [0.29, 0.717) is 17.9 Å². The van der Waals surface area contributed by atoms with E-state index in [1.54, 1.807) is 22.2 Å². The van der Waals surface area contributed by atoms with Crippen molar-refractivity contribution in [2.24, 2.45) is 0 Å². The van der Waals surface area contributed by atoms with E-state index in [1.807, 2.05) is 6.92 Å². The van der Waals surface area contributed by atoms with Gasteiger partial charge in [-0.3, -0.25) is 0 Å². The maximum atomic E-state index is 11.9. The van der Waals surface area contributed by atoms with Gasteiger partial charge in [0.15, 0.2) is 0 Å². The van der Waals surface area contributed by atoms with Crippen LogP contribution in [0.1, 0.15) is 18.9 Å². The normalized spacial score (nSPS) is 11.1. The van der Waals surface area contributed by atoms with Gasteiger partial charge in [-0.25, -0.2) is 0 Å². The van der Waals surface area contributed by atoms with Crippen molar-refractivity contribution in [3.63, 3.8) is 0 Å². The molecule has 0 N–H and O–H groups in total. The predicted octanol–water partition coefficient (Wildman–Crippen LogP) is -1.13. The Hall–Kier alpha value is -1.09. The Kier molecular flexibility index (Phi) is 2.65. The molecule has 0 radical (unpaired) electrons. The summed E-state index contributed by atoms with van der Waals surface area (Å²) in [7, 11) is 0. The van der Waals surface area contributed by atoms with Gasteiger partial charge in [0.25, 0.3) is 0 Å². The molecular formula is C9H13AsN4O. The Morgan fingerprint density at radius 3 is 2.93 bits per heavy atom. The predicted molar refractivity (Wildman–Crippen MR) is 60.5 cm³/mol. The topological polar surface area (TPSA) is 52.2 Å². The maximum absolute atomic E-state index is 11.9. The first-order valence-corrected chi connectivity index (χ1v) is 6.07. The first kappa shape index (κ1) is 10.4. The molecule has 0 amide bonds. The van der Waals surface area contributed by atoms with Crippen molar-refractivity contribution in [1.82, 2.24) is 19.2 Å². The van der Waals surface area contributed by atoms with E-state index in [-0.39, 0.29) is 5.56 Å². The van der Waals surface area contributed by atoms with Crippen LogP contribution in [-0.4, -0.2) is 36.0 Å². The van der Waals surface area contributed by atoms with E-state index in [0.717, 1.165) is 11.0 Å². The molecular weight excluding hydrogens is 255 g/mol. The van der Waals surface area contributed by atoms with Crippen LogP contribution in [-0.2, 0) is 6.54 Å². The third kappa shape index (κ3) is 1.72. The van der Waals surface area contributed by atoms with Gasteiger partial charge in [-0.1, -0.05) is 0 Å². The van der Waals surface area contributed by atoms with Gasteiger partial charge >= 0.3 is 95.3 Å². The average Bonchev–Trinajstić information content (AvgIpc) is 2.53. The van der Waals surface area contributed by atoms with E-state index in [1.165, 1.54) is 16.9 Å². The second-order valence-electron chi connectivity index (χ2n) is 3.48. The van der Waals surface area contributed by atoms with E-state index < -0.39 is 0 Å². The third-order valence-electron chi connectivity index (χ3n) is 2.22. The van der Waals surface area contributed by atoms with Gasteiger partial charge < -0.3 is 0 Å². The van der Waals surface area contributed by atoms with Crippen LogP contribution in [0.4, 0.5) is 0 Å². The number of aryl methyl sites for hydroxylation is 2. The van der Waals surface area contributed by atoms with Crippen molar-refractivity contribution >= 4 is 27.2 Å². The fourth-order valence-corrected chi connectivity index (χ4v) is 2.07. The van der Waals surface area contributed by atoms with Crippen molar-refractivity contribution < 1.29 is 0 Å². The summed E-state index contributed by atoms with van der Waals surface area (Å²) in [5, 5.41) is 4.23. The first-order valence-electron chi connectivity index (χ1n) is 4.85. The summed E-state index contributed by atoms with van der Waals surface area (Å²) in [5.74, 6) is 0.645. The van der Waals surface area contributed by atoms with Gasteiger partial charge in [0.2, 0.25) is 0 Å². The number of fused-ring (bicyclic) bond motifs is 1. The molecule has 0 aliphatic heterocycles. The first-order chi connectivity index (χ1) is 7.13. The number of nitrogens with zero attached hydrogens (tertiary/aromatic N) is 4. The quantitative estimate of drug-likeness (QED) is 0.647. The molecule has 0 aromatic carbocycles. The van der Waals surface area contributed by atoms with Gasteiger partial charge in [-0.05, 0) is 0 Å². The van der Waals surface area contributed by atoms with Crippen LogP contribution in [0.15, 0.2) is 11.0 Å². The Labute approximate surface area is 95.6 Å². The Balaban J connectivity index is 2.82. The van der Waals surface area contributed by atoms with Crippen LogP contribution in [0.25, 0.3) is 5.78 Å². The molecule has 0 fully saturated rings. The molecule has 80 valence electrons. The Morgan fingerprint density at radius 2 is 2.27 bits per heavy atom. The van der Waals surface area contributed by atoms with Gasteiger partial charge in [0.05, 0.1) is 0 Å². The van der Waals surface area contributed by atoms with Crippen LogP contribution in [0, 0.1) is 6.92 Å².